The summed E-state index contributed by atoms with van der Waals surface area (Å²) < 4.78 is 0.225. The van der Waals surface area contributed by atoms with E-state index in [1.54, 1.807) is 28.1 Å². The summed E-state index contributed by atoms with van der Waals surface area (Å²) >= 11 is 0. The number of Topliss-reactive ketones (excluding diaryl/α,β-unsaturated/α-hetero) is 1. The van der Waals surface area contributed by atoms with Gasteiger partial charge in [0.15, 0.2) is 11.4 Å². The molecule has 7 nitrogen and oxygen atoms in total. The molecule has 0 aromatic rings. The number of quaternary nitrogens is 1. The van der Waals surface area contributed by atoms with Gasteiger partial charge in [-0.2, -0.15) is 0 Å². The van der Waals surface area contributed by atoms with Gasteiger partial charge in [0.05, 0.1) is 27.6 Å². The summed E-state index contributed by atoms with van der Waals surface area (Å²) in [6, 6.07) is 0. The Kier molecular flexibility index (Phi) is 6.31. The summed E-state index contributed by atoms with van der Waals surface area (Å²) in [7, 11) is 5.21. The number of rotatable bonds is 9. The van der Waals surface area contributed by atoms with Crippen LogP contribution in [0.1, 0.15) is 26.2 Å². The highest BCUT2D eigenvalue weighted by Gasteiger charge is 2.43. The van der Waals surface area contributed by atoms with Crippen LogP contribution in [-0.2, 0) is 14.4 Å². The molecule has 0 saturated heterocycles. The third kappa shape index (κ3) is 7.20. The lowest BCUT2D eigenvalue weighted by Crippen LogP contribution is -2.55. The molecule has 0 aromatic carbocycles. The summed E-state index contributed by atoms with van der Waals surface area (Å²) in [5, 5.41) is 27.9. The number of nitrogens with zero attached hydrogens (tertiary/aromatic N) is 1. The molecule has 0 aliphatic rings. The van der Waals surface area contributed by atoms with Crippen molar-refractivity contribution < 1.29 is 34.2 Å². The fourth-order valence-corrected chi connectivity index (χ4v) is 2.15. The second kappa shape index (κ2) is 6.81. The lowest BCUT2D eigenvalue weighted by atomic mass is 9.86. The van der Waals surface area contributed by atoms with E-state index in [4.69, 9.17) is 10.2 Å². The topological polar surface area (TPSA) is 112 Å². The van der Waals surface area contributed by atoms with Gasteiger partial charge in [0.25, 0.3) is 0 Å². The number of carbonyl (C=O) groups is 3. The number of aliphatic hydroxyl groups is 1. The van der Waals surface area contributed by atoms with E-state index in [9.17, 15) is 19.5 Å². The van der Waals surface area contributed by atoms with Gasteiger partial charge in [-0.3, -0.25) is 14.4 Å². The molecule has 0 aliphatic carbocycles. The quantitative estimate of drug-likeness (QED) is 0.514. The summed E-state index contributed by atoms with van der Waals surface area (Å²) in [6.45, 7) is 1.54. The zero-order chi connectivity index (χ0) is 16.1. The first-order valence-corrected chi connectivity index (χ1v) is 6.35. The van der Waals surface area contributed by atoms with Crippen molar-refractivity contribution >= 4 is 17.7 Å². The molecular weight excluding hydrogens is 266 g/mol. The Bertz CT molecular complexity index is 387. The molecule has 0 aromatic heterocycles. The van der Waals surface area contributed by atoms with E-state index in [0.29, 0.717) is 0 Å². The fourth-order valence-electron chi connectivity index (χ4n) is 2.15. The van der Waals surface area contributed by atoms with Gasteiger partial charge < -0.3 is 19.8 Å². The largest absolute Gasteiger partial charge is 0.481 e. The van der Waals surface area contributed by atoms with Crippen molar-refractivity contribution in [2.45, 2.75) is 31.8 Å². The van der Waals surface area contributed by atoms with Gasteiger partial charge in [-0.15, -0.1) is 0 Å². The predicted octanol–water partition coefficient (Wildman–Crippen LogP) is -0.0316. The van der Waals surface area contributed by atoms with Crippen LogP contribution in [-0.4, -0.2) is 70.8 Å². The average molecular weight is 290 g/mol. The van der Waals surface area contributed by atoms with E-state index in [1.165, 1.54) is 0 Å². The number of hydrogen-bond acceptors (Lipinski definition) is 4. The number of ketones is 1. The molecular formula is C13H24NO6+. The van der Waals surface area contributed by atoms with Crippen molar-refractivity contribution in [1.82, 2.24) is 0 Å². The summed E-state index contributed by atoms with van der Waals surface area (Å²) in [6.07, 6.45) is -1.03. The molecule has 0 amide bonds. The van der Waals surface area contributed by atoms with E-state index in [1.807, 2.05) is 0 Å². The van der Waals surface area contributed by atoms with E-state index in [-0.39, 0.29) is 23.9 Å². The first-order chi connectivity index (χ1) is 8.85. The van der Waals surface area contributed by atoms with Gasteiger partial charge >= 0.3 is 11.9 Å². The number of carboxylic acids is 2. The molecule has 2 atom stereocenters. The number of carboxylic acid groups (broad SMARTS) is 2. The molecule has 1 unspecified atom stereocenters. The molecule has 0 rings (SSSR count). The molecule has 0 heterocycles. The zero-order valence-corrected chi connectivity index (χ0v) is 12.4. The maximum absolute atomic E-state index is 12.2. The Labute approximate surface area is 118 Å². The maximum atomic E-state index is 12.2. The predicted molar refractivity (Wildman–Crippen MR) is 71.1 cm³/mol. The van der Waals surface area contributed by atoms with Crippen LogP contribution < -0.4 is 0 Å². The lowest BCUT2D eigenvalue weighted by molar-refractivity contribution is -0.875. The molecule has 0 radical (unpaired) electrons. The molecule has 3 N–H and O–H groups in total. The van der Waals surface area contributed by atoms with Crippen LogP contribution in [0.25, 0.3) is 0 Å². The van der Waals surface area contributed by atoms with E-state index in [2.05, 4.69) is 0 Å². The minimum absolute atomic E-state index is 0.0437. The molecule has 0 spiro atoms. The second-order valence-corrected chi connectivity index (χ2v) is 6.38. The fraction of sp³-hybridized carbons (Fsp3) is 0.769. The smallest absolute Gasteiger partial charge is 0.306 e. The van der Waals surface area contributed by atoms with Crippen molar-refractivity contribution in [3.8, 4) is 0 Å². The summed E-state index contributed by atoms with van der Waals surface area (Å²) in [4.78, 5) is 33.6. The van der Waals surface area contributed by atoms with Gasteiger partial charge in [0.2, 0.25) is 0 Å². The lowest BCUT2D eigenvalue weighted by Gasteiger charge is -2.34. The molecule has 0 aliphatic heterocycles. The molecule has 116 valence electrons. The van der Waals surface area contributed by atoms with E-state index >= 15 is 0 Å². The van der Waals surface area contributed by atoms with Gasteiger partial charge in [-0.05, 0) is 5.92 Å². The maximum Gasteiger partial charge on any atom is 0.306 e. The number of hydrogen-bond donors (Lipinski definition) is 3. The van der Waals surface area contributed by atoms with Crippen LogP contribution in [0.3, 0.4) is 0 Å². The average Bonchev–Trinajstić information content (AvgIpc) is 2.10. The standard InChI is InChI=1S/C13H23NO6/c1-9(6-11(16)17)5-10(15)13(20,7-12(18)19)8-14(2,3)4/h9,20H,5-8H2,1-4H3,(H-,16,17,18,19)/p+1/t9?,13-/m1/s1. The highest BCUT2D eigenvalue weighted by Crippen LogP contribution is 2.21. The molecule has 0 saturated carbocycles. The van der Waals surface area contributed by atoms with E-state index in [0.717, 1.165) is 0 Å². The van der Waals surface area contributed by atoms with Gasteiger partial charge in [0, 0.05) is 12.8 Å². The third-order valence-electron chi connectivity index (χ3n) is 2.76. The van der Waals surface area contributed by atoms with Crippen molar-refractivity contribution in [1.29, 1.82) is 0 Å². The minimum Gasteiger partial charge on any atom is -0.481 e. The van der Waals surface area contributed by atoms with Crippen molar-refractivity contribution in [2.75, 3.05) is 27.7 Å². The SMILES string of the molecule is CC(CC(=O)O)CC(=O)[C@@](O)(CC(=O)O)C[N+](C)(C)C. The van der Waals surface area contributed by atoms with Crippen LogP contribution in [0, 0.1) is 5.92 Å². The van der Waals surface area contributed by atoms with Crippen LogP contribution in [0.4, 0.5) is 0 Å². The molecule has 7 heteroatoms. The van der Waals surface area contributed by atoms with Crippen LogP contribution in [0.5, 0.6) is 0 Å². The minimum atomic E-state index is -1.98. The summed E-state index contributed by atoms with van der Waals surface area (Å²) in [5.74, 6) is -3.37. The van der Waals surface area contributed by atoms with E-state index < -0.39 is 35.7 Å². The van der Waals surface area contributed by atoms with Crippen LogP contribution >= 0.6 is 0 Å². The highest BCUT2D eigenvalue weighted by atomic mass is 16.4. The zero-order valence-electron chi connectivity index (χ0n) is 12.4. The first-order valence-electron chi connectivity index (χ1n) is 6.35. The Balaban J connectivity index is 4.98. The first kappa shape index (κ1) is 18.5. The monoisotopic (exact) mass is 290 g/mol. The number of likely N-dealkylation sites (N-methyl/N-ethyl adjacent to an activating group) is 1. The van der Waals surface area contributed by atoms with Crippen LogP contribution in [0.2, 0.25) is 0 Å². The Hall–Kier alpha value is -1.47. The highest BCUT2D eigenvalue weighted by molar-refractivity contribution is 5.91. The van der Waals surface area contributed by atoms with Crippen LogP contribution in [0.15, 0.2) is 0 Å². The Morgan fingerprint density at radius 3 is 1.90 bits per heavy atom. The molecule has 0 fully saturated rings. The second-order valence-electron chi connectivity index (χ2n) is 6.38. The van der Waals surface area contributed by atoms with Crippen molar-refractivity contribution in [2.24, 2.45) is 5.92 Å². The molecule has 20 heavy (non-hydrogen) atoms. The Morgan fingerprint density at radius 1 is 1.05 bits per heavy atom. The van der Waals surface area contributed by atoms with Crippen molar-refractivity contribution in [3.63, 3.8) is 0 Å². The summed E-state index contributed by atoms with van der Waals surface area (Å²) in [5.41, 5.74) is -1.98. The normalized spacial score (nSPS) is 16.2. The van der Waals surface area contributed by atoms with Gasteiger partial charge in [-0.25, -0.2) is 0 Å². The third-order valence-corrected chi connectivity index (χ3v) is 2.76. The van der Waals surface area contributed by atoms with Gasteiger partial charge in [-0.1, -0.05) is 6.92 Å². The van der Waals surface area contributed by atoms with Crippen molar-refractivity contribution in [3.05, 3.63) is 0 Å². The van der Waals surface area contributed by atoms with Gasteiger partial charge in [0.1, 0.15) is 6.54 Å². The number of aliphatic carboxylic acids is 2. The Morgan fingerprint density at radius 2 is 1.55 bits per heavy atom. The number of carbonyl (C=O) groups excluding carboxylic acids is 1. The molecule has 0 bridgehead atoms.